The monoisotopic (exact) mass is 206 g/mol. The molecule has 3 heteroatoms. The van der Waals surface area contributed by atoms with Gasteiger partial charge in [0, 0.05) is 11.1 Å². The Morgan fingerprint density at radius 3 is 2.53 bits per heavy atom. The lowest BCUT2D eigenvalue weighted by atomic mass is 10.0. The first-order valence-corrected chi connectivity index (χ1v) is 4.58. The third-order valence-corrected chi connectivity index (χ3v) is 2.16. The van der Waals surface area contributed by atoms with Gasteiger partial charge in [-0.15, -0.1) is 6.58 Å². The molecule has 0 fully saturated rings. The van der Waals surface area contributed by atoms with Gasteiger partial charge in [0.2, 0.25) is 0 Å². The van der Waals surface area contributed by atoms with Crippen molar-refractivity contribution in [1.82, 2.24) is 0 Å². The van der Waals surface area contributed by atoms with E-state index in [-0.39, 0.29) is 0 Å². The number of allylic oxidation sites excluding steroid dienone is 1. The van der Waals surface area contributed by atoms with E-state index >= 15 is 0 Å². The first kappa shape index (κ1) is 11.3. The summed E-state index contributed by atoms with van der Waals surface area (Å²) in [6.07, 6.45) is 3.11. The molecule has 1 aromatic rings. The predicted octanol–water partition coefficient (Wildman–Crippen LogP) is 2.24. The zero-order chi connectivity index (χ0) is 11.3. The molecule has 1 aromatic carbocycles. The van der Waals surface area contributed by atoms with Crippen LogP contribution >= 0.6 is 0 Å². The molecule has 3 nitrogen and oxygen atoms in total. The van der Waals surface area contributed by atoms with Crippen LogP contribution in [-0.2, 0) is 6.42 Å². The van der Waals surface area contributed by atoms with Crippen LogP contribution in [0, 0.1) is 0 Å². The summed E-state index contributed by atoms with van der Waals surface area (Å²) in [7, 11) is 3.12. The summed E-state index contributed by atoms with van der Waals surface area (Å²) >= 11 is 0. The van der Waals surface area contributed by atoms with Gasteiger partial charge in [0.1, 0.15) is 6.29 Å². The van der Waals surface area contributed by atoms with Crippen LogP contribution in [0.2, 0.25) is 0 Å². The molecule has 0 aliphatic rings. The summed E-state index contributed by atoms with van der Waals surface area (Å²) in [6.45, 7) is 3.65. The van der Waals surface area contributed by atoms with Gasteiger partial charge >= 0.3 is 0 Å². The van der Waals surface area contributed by atoms with Gasteiger partial charge in [-0.2, -0.15) is 0 Å². The van der Waals surface area contributed by atoms with Gasteiger partial charge in [-0.05, 0) is 18.6 Å². The number of aldehydes is 1. The number of carbonyl (C=O) groups excluding carboxylic acids is 1. The van der Waals surface area contributed by atoms with E-state index < -0.39 is 0 Å². The minimum atomic E-state index is 0.578. The second kappa shape index (κ2) is 5.20. The third-order valence-electron chi connectivity index (χ3n) is 2.16. The molecular weight excluding hydrogens is 192 g/mol. The van der Waals surface area contributed by atoms with Gasteiger partial charge < -0.3 is 9.47 Å². The molecule has 0 aliphatic carbocycles. The number of benzene rings is 1. The quantitative estimate of drug-likeness (QED) is 0.547. The van der Waals surface area contributed by atoms with Gasteiger partial charge in [-0.25, -0.2) is 0 Å². The fourth-order valence-electron chi connectivity index (χ4n) is 1.47. The van der Waals surface area contributed by atoms with E-state index in [4.69, 9.17) is 9.47 Å². The van der Waals surface area contributed by atoms with E-state index in [0.717, 1.165) is 11.8 Å². The maximum absolute atomic E-state index is 10.8. The average molecular weight is 206 g/mol. The Kier molecular flexibility index (Phi) is 3.92. The highest BCUT2D eigenvalue weighted by atomic mass is 16.5. The van der Waals surface area contributed by atoms with E-state index in [2.05, 4.69) is 6.58 Å². The van der Waals surface area contributed by atoms with Crippen LogP contribution in [0.25, 0.3) is 0 Å². The van der Waals surface area contributed by atoms with Gasteiger partial charge in [-0.1, -0.05) is 6.08 Å². The average Bonchev–Trinajstić information content (AvgIpc) is 2.28. The molecule has 0 heterocycles. The normalized spacial score (nSPS) is 9.47. The Morgan fingerprint density at radius 1 is 1.33 bits per heavy atom. The van der Waals surface area contributed by atoms with Gasteiger partial charge in [0.05, 0.1) is 14.2 Å². The first-order chi connectivity index (χ1) is 7.28. The van der Waals surface area contributed by atoms with Crippen LogP contribution in [0.4, 0.5) is 0 Å². The van der Waals surface area contributed by atoms with E-state index in [1.165, 1.54) is 0 Å². The summed E-state index contributed by atoms with van der Waals surface area (Å²) in [4.78, 5) is 10.8. The third kappa shape index (κ3) is 2.18. The van der Waals surface area contributed by atoms with Crippen LogP contribution in [0.15, 0.2) is 24.8 Å². The van der Waals surface area contributed by atoms with E-state index in [9.17, 15) is 4.79 Å². The summed E-state index contributed by atoms with van der Waals surface area (Å²) in [5.74, 6) is 1.22. The van der Waals surface area contributed by atoms with Crippen molar-refractivity contribution in [1.29, 1.82) is 0 Å². The molecule has 0 amide bonds. The van der Waals surface area contributed by atoms with Gasteiger partial charge in [0.15, 0.2) is 11.5 Å². The van der Waals surface area contributed by atoms with Crippen molar-refractivity contribution in [3.05, 3.63) is 35.9 Å². The SMILES string of the molecule is C=CCc1c(C=O)ccc(OC)c1OC. The van der Waals surface area contributed by atoms with Crippen LogP contribution in [0.3, 0.4) is 0 Å². The number of hydrogen-bond donors (Lipinski definition) is 0. The lowest BCUT2D eigenvalue weighted by Gasteiger charge is -2.13. The predicted molar refractivity (Wildman–Crippen MR) is 58.8 cm³/mol. The lowest BCUT2D eigenvalue weighted by Crippen LogP contribution is -1.99. The smallest absolute Gasteiger partial charge is 0.164 e. The highest BCUT2D eigenvalue weighted by Gasteiger charge is 2.12. The highest BCUT2D eigenvalue weighted by molar-refractivity contribution is 5.80. The Balaban J connectivity index is 3.36. The molecule has 0 unspecified atom stereocenters. The van der Waals surface area contributed by atoms with E-state index in [0.29, 0.717) is 23.5 Å². The molecule has 15 heavy (non-hydrogen) atoms. The second-order valence-electron chi connectivity index (χ2n) is 2.98. The minimum absolute atomic E-state index is 0.578. The number of hydrogen-bond acceptors (Lipinski definition) is 3. The van der Waals surface area contributed by atoms with Crippen molar-refractivity contribution in [3.63, 3.8) is 0 Å². The molecule has 1 rings (SSSR count). The first-order valence-electron chi connectivity index (χ1n) is 4.58. The molecule has 0 aromatic heterocycles. The number of rotatable bonds is 5. The standard InChI is InChI=1S/C12H14O3/c1-4-5-10-9(8-13)6-7-11(14-2)12(10)15-3/h4,6-8H,1,5H2,2-3H3. The van der Waals surface area contributed by atoms with Crippen molar-refractivity contribution in [2.75, 3.05) is 14.2 Å². The fraction of sp³-hybridized carbons (Fsp3) is 0.250. The molecule has 0 spiro atoms. The molecule has 0 atom stereocenters. The summed E-state index contributed by atoms with van der Waals surface area (Å²) in [6, 6.07) is 3.43. The fourth-order valence-corrected chi connectivity index (χ4v) is 1.47. The molecular formula is C12H14O3. The molecule has 80 valence electrons. The molecule has 0 N–H and O–H groups in total. The van der Waals surface area contributed by atoms with Crippen LogP contribution < -0.4 is 9.47 Å². The van der Waals surface area contributed by atoms with Crippen molar-refractivity contribution in [2.45, 2.75) is 6.42 Å². The van der Waals surface area contributed by atoms with Crippen LogP contribution in [0.5, 0.6) is 11.5 Å². The molecule has 0 radical (unpaired) electrons. The maximum atomic E-state index is 10.8. The van der Waals surface area contributed by atoms with Crippen LogP contribution in [0.1, 0.15) is 15.9 Å². The van der Waals surface area contributed by atoms with Gasteiger partial charge in [0.25, 0.3) is 0 Å². The second-order valence-corrected chi connectivity index (χ2v) is 2.98. The minimum Gasteiger partial charge on any atom is -0.493 e. The molecule has 0 bridgehead atoms. The molecule has 0 saturated carbocycles. The lowest BCUT2D eigenvalue weighted by molar-refractivity contribution is 0.112. The van der Waals surface area contributed by atoms with E-state index in [1.54, 1.807) is 32.4 Å². The number of methoxy groups -OCH3 is 2. The topological polar surface area (TPSA) is 35.5 Å². The highest BCUT2D eigenvalue weighted by Crippen LogP contribution is 2.33. The van der Waals surface area contributed by atoms with Crippen molar-refractivity contribution >= 4 is 6.29 Å². The maximum Gasteiger partial charge on any atom is 0.164 e. The zero-order valence-electron chi connectivity index (χ0n) is 8.95. The Labute approximate surface area is 89.3 Å². The molecule has 0 aliphatic heterocycles. The van der Waals surface area contributed by atoms with Crippen molar-refractivity contribution in [2.24, 2.45) is 0 Å². The van der Waals surface area contributed by atoms with Crippen molar-refractivity contribution in [3.8, 4) is 11.5 Å². The Morgan fingerprint density at radius 2 is 2.07 bits per heavy atom. The van der Waals surface area contributed by atoms with Crippen molar-refractivity contribution < 1.29 is 14.3 Å². The van der Waals surface area contributed by atoms with Gasteiger partial charge in [-0.3, -0.25) is 4.79 Å². The summed E-state index contributed by atoms with van der Waals surface area (Å²) in [5, 5.41) is 0. The molecule has 0 saturated heterocycles. The van der Waals surface area contributed by atoms with E-state index in [1.807, 2.05) is 0 Å². The number of carbonyl (C=O) groups is 1. The largest absolute Gasteiger partial charge is 0.493 e. The summed E-state index contributed by atoms with van der Waals surface area (Å²) in [5.41, 5.74) is 1.41. The summed E-state index contributed by atoms with van der Waals surface area (Å²) < 4.78 is 10.4. The zero-order valence-corrected chi connectivity index (χ0v) is 8.95. The van der Waals surface area contributed by atoms with Crippen LogP contribution in [-0.4, -0.2) is 20.5 Å². The number of ether oxygens (including phenoxy) is 2. The Bertz CT molecular complexity index is 369. The Hall–Kier alpha value is -1.77.